The van der Waals surface area contributed by atoms with Crippen LogP contribution in [0.3, 0.4) is 0 Å². The minimum absolute atomic E-state index is 0.138. The molecular weight excluding hydrogens is 254 g/mol. The molecule has 1 aromatic rings. The van der Waals surface area contributed by atoms with Crippen LogP contribution in [0.25, 0.3) is 0 Å². The Hall–Kier alpha value is -0.610. The van der Waals surface area contributed by atoms with Gasteiger partial charge in [0.15, 0.2) is 0 Å². The summed E-state index contributed by atoms with van der Waals surface area (Å²) in [7, 11) is 0. The van der Waals surface area contributed by atoms with Crippen LogP contribution in [0.2, 0.25) is 0 Å². The Morgan fingerprint density at radius 3 is 2.87 bits per heavy atom. The molecule has 0 spiro atoms. The lowest BCUT2D eigenvalue weighted by molar-refractivity contribution is 0.378. The summed E-state index contributed by atoms with van der Waals surface area (Å²) in [6.45, 7) is 7.53. The maximum atomic E-state index is 4.45. The van der Waals surface area contributed by atoms with E-state index in [4.69, 9.17) is 0 Å². The lowest BCUT2D eigenvalue weighted by Crippen LogP contribution is -2.58. The van der Waals surface area contributed by atoms with Crippen LogP contribution in [-0.2, 0) is 0 Å². The van der Waals surface area contributed by atoms with Gasteiger partial charge in [-0.2, -0.15) is 0 Å². The van der Waals surface area contributed by atoms with Gasteiger partial charge in [-0.25, -0.2) is 4.98 Å². The monoisotopic (exact) mass is 269 g/mol. The molecule has 0 radical (unpaired) electrons. The number of rotatable bonds is 1. The van der Waals surface area contributed by atoms with E-state index in [0.29, 0.717) is 0 Å². The van der Waals surface area contributed by atoms with Crippen molar-refractivity contribution in [1.82, 2.24) is 10.3 Å². The van der Waals surface area contributed by atoms with Crippen LogP contribution in [0.4, 0.5) is 5.82 Å². The Morgan fingerprint density at radius 2 is 2.27 bits per heavy atom. The van der Waals surface area contributed by atoms with Crippen LogP contribution in [0.1, 0.15) is 13.8 Å². The summed E-state index contributed by atoms with van der Waals surface area (Å²) in [6.07, 6.45) is 1.85. The number of aromatic nitrogens is 1. The lowest BCUT2D eigenvalue weighted by atomic mass is 10.0. The Kier molecular flexibility index (Phi) is 2.98. The molecule has 0 bridgehead atoms. The van der Waals surface area contributed by atoms with E-state index >= 15 is 0 Å². The third kappa shape index (κ3) is 2.32. The first-order chi connectivity index (χ1) is 7.09. The van der Waals surface area contributed by atoms with E-state index in [-0.39, 0.29) is 5.54 Å². The van der Waals surface area contributed by atoms with Crippen molar-refractivity contribution in [3.63, 3.8) is 0 Å². The molecule has 15 heavy (non-hydrogen) atoms. The van der Waals surface area contributed by atoms with Gasteiger partial charge in [0.2, 0.25) is 0 Å². The number of hydrogen-bond donors (Lipinski definition) is 1. The highest BCUT2D eigenvalue weighted by atomic mass is 79.9. The van der Waals surface area contributed by atoms with Crippen molar-refractivity contribution < 1.29 is 0 Å². The number of piperazine rings is 1. The number of pyridine rings is 1. The average molecular weight is 270 g/mol. The summed E-state index contributed by atoms with van der Waals surface area (Å²) < 4.78 is 1.03. The predicted octanol–water partition coefficient (Wildman–Crippen LogP) is 2.03. The van der Waals surface area contributed by atoms with Gasteiger partial charge in [-0.15, -0.1) is 0 Å². The quantitative estimate of drug-likeness (QED) is 0.846. The van der Waals surface area contributed by atoms with Crippen LogP contribution in [-0.4, -0.2) is 30.2 Å². The predicted molar refractivity (Wildman–Crippen MR) is 66.2 cm³/mol. The van der Waals surface area contributed by atoms with Crippen molar-refractivity contribution in [3.05, 3.63) is 22.8 Å². The van der Waals surface area contributed by atoms with Crippen LogP contribution < -0.4 is 10.2 Å². The highest BCUT2D eigenvalue weighted by Crippen LogP contribution is 2.24. The van der Waals surface area contributed by atoms with Gasteiger partial charge >= 0.3 is 0 Å². The van der Waals surface area contributed by atoms with Gasteiger partial charge in [0.25, 0.3) is 0 Å². The average Bonchev–Trinajstić information content (AvgIpc) is 2.19. The third-order valence-corrected chi connectivity index (χ3v) is 3.26. The summed E-state index contributed by atoms with van der Waals surface area (Å²) in [5.41, 5.74) is 0.138. The first-order valence-corrected chi connectivity index (χ1v) is 5.99. The molecule has 82 valence electrons. The molecule has 3 nitrogen and oxygen atoms in total. The maximum absolute atomic E-state index is 4.45. The van der Waals surface area contributed by atoms with E-state index in [1.807, 2.05) is 12.3 Å². The van der Waals surface area contributed by atoms with E-state index in [2.05, 4.69) is 51.0 Å². The first-order valence-electron chi connectivity index (χ1n) is 5.19. The summed E-state index contributed by atoms with van der Waals surface area (Å²) in [5, 5.41) is 3.41. The highest BCUT2D eigenvalue weighted by Gasteiger charge is 2.30. The van der Waals surface area contributed by atoms with Crippen LogP contribution >= 0.6 is 15.9 Å². The van der Waals surface area contributed by atoms with E-state index < -0.39 is 0 Å². The van der Waals surface area contributed by atoms with E-state index in [1.165, 1.54) is 0 Å². The summed E-state index contributed by atoms with van der Waals surface area (Å²) >= 11 is 3.40. The maximum Gasteiger partial charge on any atom is 0.129 e. The van der Waals surface area contributed by atoms with Crippen molar-refractivity contribution in [2.45, 2.75) is 19.4 Å². The topological polar surface area (TPSA) is 28.2 Å². The fourth-order valence-corrected chi connectivity index (χ4v) is 2.17. The smallest absolute Gasteiger partial charge is 0.129 e. The van der Waals surface area contributed by atoms with Gasteiger partial charge in [0.05, 0.1) is 0 Å². The normalized spacial score (nSPS) is 20.3. The molecular formula is C11H16BrN3. The van der Waals surface area contributed by atoms with Crippen LogP contribution in [0.15, 0.2) is 22.8 Å². The fourth-order valence-electron chi connectivity index (χ4n) is 1.94. The van der Waals surface area contributed by atoms with Gasteiger partial charge in [-0.3, -0.25) is 0 Å². The SMILES string of the molecule is CC1(C)CNCCN1c1ccc(Br)cn1. The molecule has 0 amide bonds. The van der Waals surface area contributed by atoms with Crippen molar-refractivity contribution in [1.29, 1.82) is 0 Å². The van der Waals surface area contributed by atoms with Crippen molar-refractivity contribution in [3.8, 4) is 0 Å². The fraction of sp³-hybridized carbons (Fsp3) is 0.545. The number of nitrogens with one attached hydrogen (secondary N) is 1. The molecule has 2 rings (SSSR count). The Balaban J connectivity index is 2.25. The molecule has 0 aliphatic carbocycles. The standard InChI is InChI=1S/C11H16BrN3/c1-11(2)8-13-5-6-15(11)10-4-3-9(12)7-14-10/h3-4,7,13H,5-6,8H2,1-2H3. The zero-order valence-corrected chi connectivity index (χ0v) is 10.7. The zero-order chi connectivity index (χ0) is 10.9. The molecule has 0 atom stereocenters. The van der Waals surface area contributed by atoms with Gasteiger partial charge < -0.3 is 10.2 Å². The van der Waals surface area contributed by atoms with E-state index in [9.17, 15) is 0 Å². The van der Waals surface area contributed by atoms with Gasteiger partial charge in [0, 0.05) is 35.8 Å². The Bertz CT molecular complexity index is 334. The van der Waals surface area contributed by atoms with E-state index in [1.54, 1.807) is 0 Å². The van der Waals surface area contributed by atoms with Gasteiger partial charge in [-0.05, 0) is 41.9 Å². The summed E-state index contributed by atoms with van der Waals surface area (Å²) in [5.74, 6) is 1.06. The van der Waals surface area contributed by atoms with E-state index in [0.717, 1.165) is 29.9 Å². The largest absolute Gasteiger partial charge is 0.349 e. The second-order valence-electron chi connectivity index (χ2n) is 4.48. The van der Waals surface area contributed by atoms with Crippen molar-refractivity contribution in [2.75, 3.05) is 24.5 Å². The summed E-state index contributed by atoms with van der Waals surface area (Å²) in [4.78, 5) is 6.81. The first kappa shape index (κ1) is 10.9. The van der Waals surface area contributed by atoms with Crippen molar-refractivity contribution >= 4 is 21.7 Å². The second-order valence-corrected chi connectivity index (χ2v) is 5.39. The minimum Gasteiger partial charge on any atom is -0.349 e. The molecule has 4 heteroatoms. The minimum atomic E-state index is 0.138. The molecule has 1 aliphatic heterocycles. The molecule has 0 unspecified atom stereocenters. The molecule has 0 saturated carbocycles. The second kappa shape index (κ2) is 4.10. The molecule has 0 aromatic carbocycles. The Labute approximate surface area is 99.0 Å². The molecule has 1 N–H and O–H groups in total. The number of hydrogen-bond acceptors (Lipinski definition) is 3. The van der Waals surface area contributed by atoms with Crippen molar-refractivity contribution in [2.24, 2.45) is 0 Å². The molecule has 2 heterocycles. The Morgan fingerprint density at radius 1 is 1.47 bits per heavy atom. The van der Waals surface area contributed by atoms with Gasteiger partial charge in [0.1, 0.15) is 5.82 Å². The third-order valence-electron chi connectivity index (χ3n) is 2.79. The lowest BCUT2D eigenvalue weighted by Gasteiger charge is -2.43. The summed E-state index contributed by atoms with van der Waals surface area (Å²) in [6, 6.07) is 4.11. The molecule has 1 aliphatic rings. The number of anilines is 1. The molecule has 1 fully saturated rings. The van der Waals surface area contributed by atoms with Crippen LogP contribution in [0, 0.1) is 0 Å². The number of nitrogens with zero attached hydrogens (tertiary/aromatic N) is 2. The molecule has 1 saturated heterocycles. The molecule has 1 aromatic heterocycles. The zero-order valence-electron chi connectivity index (χ0n) is 9.13. The van der Waals surface area contributed by atoms with Crippen LogP contribution in [0.5, 0.6) is 0 Å². The van der Waals surface area contributed by atoms with Gasteiger partial charge in [-0.1, -0.05) is 0 Å². The highest BCUT2D eigenvalue weighted by molar-refractivity contribution is 9.10. The number of halogens is 1.